The summed E-state index contributed by atoms with van der Waals surface area (Å²) in [6.45, 7) is 1.94. The SMILES string of the molecule is COc1cc(Cl)c(C)cc1Nc1ccnc(Nc2ccccc2)n1. The molecule has 0 aliphatic carbocycles. The molecule has 6 heteroatoms. The van der Waals surface area contributed by atoms with Crippen molar-refractivity contribution in [2.45, 2.75) is 6.92 Å². The number of rotatable bonds is 5. The number of methoxy groups -OCH3 is 1. The lowest BCUT2D eigenvalue weighted by molar-refractivity contribution is 0.416. The van der Waals surface area contributed by atoms with E-state index in [9.17, 15) is 0 Å². The van der Waals surface area contributed by atoms with Crippen LogP contribution < -0.4 is 15.4 Å². The van der Waals surface area contributed by atoms with Gasteiger partial charge in [-0.25, -0.2) is 4.98 Å². The van der Waals surface area contributed by atoms with Gasteiger partial charge < -0.3 is 15.4 Å². The fourth-order valence-electron chi connectivity index (χ4n) is 2.21. The molecule has 0 fully saturated rings. The fraction of sp³-hybridized carbons (Fsp3) is 0.111. The van der Waals surface area contributed by atoms with Gasteiger partial charge in [-0.05, 0) is 36.8 Å². The number of aromatic nitrogens is 2. The Bertz CT molecular complexity index is 840. The normalized spacial score (nSPS) is 10.3. The van der Waals surface area contributed by atoms with E-state index in [0.29, 0.717) is 22.5 Å². The number of aryl methyl sites for hydroxylation is 1. The van der Waals surface area contributed by atoms with Crippen molar-refractivity contribution in [3.05, 3.63) is 65.3 Å². The van der Waals surface area contributed by atoms with Crippen molar-refractivity contribution < 1.29 is 4.74 Å². The average molecular weight is 341 g/mol. The van der Waals surface area contributed by atoms with E-state index in [1.54, 1.807) is 25.4 Å². The van der Waals surface area contributed by atoms with E-state index in [1.807, 2.05) is 43.3 Å². The van der Waals surface area contributed by atoms with Crippen LogP contribution >= 0.6 is 11.6 Å². The van der Waals surface area contributed by atoms with Gasteiger partial charge in [0.05, 0.1) is 12.8 Å². The number of benzene rings is 2. The molecular weight excluding hydrogens is 324 g/mol. The van der Waals surface area contributed by atoms with Gasteiger partial charge in [-0.3, -0.25) is 0 Å². The highest BCUT2D eigenvalue weighted by atomic mass is 35.5. The summed E-state index contributed by atoms with van der Waals surface area (Å²) in [7, 11) is 1.61. The molecule has 5 nitrogen and oxygen atoms in total. The fourth-order valence-corrected chi connectivity index (χ4v) is 2.36. The monoisotopic (exact) mass is 340 g/mol. The van der Waals surface area contributed by atoms with Crippen LogP contribution in [0.1, 0.15) is 5.56 Å². The molecule has 2 aromatic carbocycles. The van der Waals surface area contributed by atoms with E-state index in [4.69, 9.17) is 16.3 Å². The van der Waals surface area contributed by atoms with Gasteiger partial charge >= 0.3 is 0 Å². The summed E-state index contributed by atoms with van der Waals surface area (Å²) in [5.74, 6) is 1.82. The van der Waals surface area contributed by atoms with Crippen molar-refractivity contribution in [3.8, 4) is 5.75 Å². The first-order valence-electron chi connectivity index (χ1n) is 7.42. The van der Waals surface area contributed by atoms with Gasteiger partial charge in [-0.1, -0.05) is 29.8 Å². The molecular formula is C18H17ClN4O. The molecule has 0 aliphatic heterocycles. The van der Waals surface area contributed by atoms with E-state index in [2.05, 4.69) is 20.6 Å². The quantitative estimate of drug-likeness (QED) is 0.689. The smallest absolute Gasteiger partial charge is 0.229 e. The van der Waals surface area contributed by atoms with E-state index >= 15 is 0 Å². The second-order valence-electron chi connectivity index (χ2n) is 5.18. The lowest BCUT2D eigenvalue weighted by Gasteiger charge is -2.13. The van der Waals surface area contributed by atoms with Crippen LogP contribution in [0.15, 0.2) is 54.7 Å². The van der Waals surface area contributed by atoms with Crippen molar-refractivity contribution in [3.63, 3.8) is 0 Å². The number of hydrogen-bond donors (Lipinski definition) is 2. The predicted octanol–water partition coefficient (Wildman–Crippen LogP) is 4.93. The molecule has 0 amide bonds. The maximum absolute atomic E-state index is 6.14. The van der Waals surface area contributed by atoms with Gasteiger partial charge in [0.2, 0.25) is 5.95 Å². The zero-order chi connectivity index (χ0) is 16.9. The van der Waals surface area contributed by atoms with Gasteiger partial charge in [-0.15, -0.1) is 0 Å². The topological polar surface area (TPSA) is 59.1 Å². The molecule has 1 aromatic heterocycles. The van der Waals surface area contributed by atoms with Crippen molar-refractivity contribution in [2.75, 3.05) is 17.7 Å². The predicted molar refractivity (Wildman–Crippen MR) is 97.8 cm³/mol. The van der Waals surface area contributed by atoms with Crippen LogP contribution in [0.2, 0.25) is 5.02 Å². The molecule has 1 heterocycles. The average Bonchev–Trinajstić information content (AvgIpc) is 2.59. The Hall–Kier alpha value is -2.79. The Morgan fingerprint density at radius 3 is 2.58 bits per heavy atom. The second-order valence-corrected chi connectivity index (χ2v) is 5.59. The number of halogens is 1. The molecule has 24 heavy (non-hydrogen) atoms. The first-order valence-corrected chi connectivity index (χ1v) is 7.80. The summed E-state index contributed by atoms with van der Waals surface area (Å²) in [5.41, 5.74) is 2.68. The molecule has 0 aliphatic rings. The molecule has 0 atom stereocenters. The molecule has 0 radical (unpaired) electrons. The van der Waals surface area contributed by atoms with Crippen LogP contribution in [0.25, 0.3) is 0 Å². The summed E-state index contributed by atoms with van der Waals surface area (Å²) in [4.78, 5) is 8.70. The molecule has 3 aromatic rings. The van der Waals surface area contributed by atoms with Crippen LogP contribution in [-0.2, 0) is 0 Å². The maximum Gasteiger partial charge on any atom is 0.229 e. The lowest BCUT2D eigenvalue weighted by Crippen LogP contribution is -2.01. The van der Waals surface area contributed by atoms with Crippen LogP contribution in [0.3, 0.4) is 0 Å². The summed E-state index contributed by atoms with van der Waals surface area (Å²) < 4.78 is 5.37. The Labute approximate surface area is 145 Å². The number of hydrogen-bond acceptors (Lipinski definition) is 5. The summed E-state index contributed by atoms with van der Waals surface area (Å²) >= 11 is 6.14. The largest absolute Gasteiger partial charge is 0.495 e. The van der Waals surface area contributed by atoms with E-state index in [-0.39, 0.29) is 0 Å². The molecule has 0 unspecified atom stereocenters. The highest BCUT2D eigenvalue weighted by molar-refractivity contribution is 6.31. The number of anilines is 4. The molecule has 0 saturated heterocycles. The van der Waals surface area contributed by atoms with E-state index in [1.165, 1.54) is 0 Å². The van der Waals surface area contributed by atoms with Crippen molar-refractivity contribution in [1.82, 2.24) is 9.97 Å². The van der Waals surface area contributed by atoms with E-state index < -0.39 is 0 Å². The zero-order valence-corrected chi connectivity index (χ0v) is 14.1. The Balaban J connectivity index is 1.84. The first kappa shape index (κ1) is 16.1. The van der Waals surface area contributed by atoms with Crippen LogP contribution in [0.4, 0.5) is 23.1 Å². The number of para-hydroxylation sites is 1. The van der Waals surface area contributed by atoms with E-state index in [0.717, 1.165) is 16.9 Å². The molecule has 0 bridgehead atoms. The standard InChI is InChI=1S/C18H17ClN4O/c1-12-10-15(16(24-2)11-14(12)19)22-17-8-9-20-18(23-17)21-13-6-4-3-5-7-13/h3-11H,1-2H3,(H2,20,21,22,23). The van der Waals surface area contributed by atoms with Gasteiger partial charge in [0.1, 0.15) is 11.6 Å². The number of nitrogens with one attached hydrogen (secondary N) is 2. The van der Waals surface area contributed by atoms with Crippen molar-refractivity contribution in [1.29, 1.82) is 0 Å². The second kappa shape index (κ2) is 7.19. The van der Waals surface area contributed by atoms with Gasteiger partial charge in [0, 0.05) is 23.0 Å². The minimum atomic E-state index is 0.510. The van der Waals surface area contributed by atoms with Crippen molar-refractivity contribution in [2.24, 2.45) is 0 Å². The minimum absolute atomic E-state index is 0.510. The Kier molecular flexibility index (Phi) is 4.82. The highest BCUT2D eigenvalue weighted by Crippen LogP contribution is 2.32. The third kappa shape index (κ3) is 3.75. The van der Waals surface area contributed by atoms with Gasteiger partial charge in [-0.2, -0.15) is 4.98 Å². The third-order valence-corrected chi connectivity index (χ3v) is 3.84. The number of nitrogens with zero attached hydrogens (tertiary/aromatic N) is 2. The molecule has 3 rings (SSSR count). The summed E-state index contributed by atoms with van der Waals surface area (Å²) in [6, 6.07) is 15.3. The Morgan fingerprint density at radius 2 is 1.83 bits per heavy atom. The Morgan fingerprint density at radius 1 is 1.04 bits per heavy atom. The highest BCUT2D eigenvalue weighted by Gasteiger charge is 2.08. The lowest BCUT2D eigenvalue weighted by atomic mass is 10.2. The van der Waals surface area contributed by atoms with Gasteiger partial charge in [0.25, 0.3) is 0 Å². The molecule has 0 saturated carbocycles. The van der Waals surface area contributed by atoms with Crippen LogP contribution in [0.5, 0.6) is 5.75 Å². The van der Waals surface area contributed by atoms with Crippen LogP contribution in [0, 0.1) is 6.92 Å². The molecule has 122 valence electrons. The summed E-state index contributed by atoms with van der Waals surface area (Å²) in [5, 5.41) is 7.07. The number of ether oxygens (including phenoxy) is 1. The summed E-state index contributed by atoms with van der Waals surface area (Å²) in [6.07, 6.45) is 1.69. The third-order valence-electron chi connectivity index (χ3n) is 3.43. The first-order chi connectivity index (χ1) is 11.7. The van der Waals surface area contributed by atoms with Gasteiger partial charge in [0.15, 0.2) is 0 Å². The van der Waals surface area contributed by atoms with Crippen molar-refractivity contribution >= 4 is 34.7 Å². The maximum atomic E-state index is 6.14. The molecule has 0 spiro atoms. The zero-order valence-electron chi connectivity index (χ0n) is 13.4. The van der Waals surface area contributed by atoms with Crippen LogP contribution in [-0.4, -0.2) is 17.1 Å². The molecule has 2 N–H and O–H groups in total. The minimum Gasteiger partial charge on any atom is -0.495 e.